The maximum absolute atomic E-state index is 13.1. The van der Waals surface area contributed by atoms with Gasteiger partial charge in [-0.25, -0.2) is 14.8 Å². The van der Waals surface area contributed by atoms with Crippen molar-refractivity contribution in [2.24, 2.45) is 7.05 Å². The molecule has 8 nitrogen and oxygen atoms in total. The molecule has 1 atom stereocenters. The third-order valence-electron chi connectivity index (χ3n) is 5.56. The minimum absolute atomic E-state index is 0.0255. The fourth-order valence-corrected chi connectivity index (χ4v) is 4.12. The first kappa shape index (κ1) is 16.7. The molecular weight excluding hydrogens is 356 g/mol. The summed E-state index contributed by atoms with van der Waals surface area (Å²) in [5.41, 5.74) is 3.69. The number of nitrogens with one attached hydrogen (secondary N) is 1. The van der Waals surface area contributed by atoms with Gasteiger partial charge in [-0.15, -0.1) is 0 Å². The maximum atomic E-state index is 13.1. The number of piperidine rings is 1. The van der Waals surface area contributed by atoms with E-state index in [0.29, 0.717) is 24.3 Å². The number of aromatic amines is 1. The molecule has 8 heteroatoms. The molecule has 0 spiro atoms. The van der Waals surface area contributed by atoms with Crippen molar-refractivity contribution in [3.63, 3.8) is 0 Å². The molecule has 0 aliphatic carbocycles. The topological polar surface area (TPSA) is 88.8 Å². The Hall–Kier alpha value is -3.42. The number of rotatable bonds is 2. The third kappa shape index (κ3) is 2.52. The molecule has 1 saturated heterocycles. The second-order valence-electron chi connectivity index (χ2n) is 7.24. The van der Waals surface area contributed by atoms with E-state index >= 15 is 0 Å². The maximum Gasteiger partial charge on any atom is 0.330 e. The van der Waals surface area contributed by atoms with Crippen LogP contribution in [0.2, 0.25) is 0 Å². The van der Waals surface area contributed by atoms with E-state index in [2.05, 4.69) is 15.0 Å². The van der Waals surface area contributed by atoms with Crippen LogP contribution in [0.5, 0.6) is 0 Å². The molecule has 0 bridgehead atoms. The van der Waals surface area contributed by atoms with Gasteiger partial charge in [0.05, 0.1) is 28.9 Å². The molecule has 3 aromatic heterocycles. The summed E-state index contributed by atoms with van der Waals surface area (Å²) in [7, 11) is 1.76. The predicted molar refractivity (Wildman–Crippen MR) is 105 cm³/mol. The number of aromatic nitrogens is 5. The number of hydrogen-bond acceptors (Lipinski definition) is 4. The van der Waals surface area contributed by atoms with Crippen molar-refractivity contribution in [2.75, 3.05) is 13.1 Å². The largest absolute Gasteiger partial charge is 0.345 e. The standard InChI is InChI=1S/C20H20N6O2/c1-24-17-5-2-8-21-18(17)26(20(24)28)14-4-3-9-25(11-14)19(27)13-6-7-15-16(10-13)23-12-22-15/h2,5-8,10,12,14H,3-4,9,11H2,1H3,(H,22,23)/t14-/m0/s1. The van der Waals surface area contributed by atoms with Gasteiger partial charge in [-0.2, -0.15) is 0 Å². The van der Waals surface area contributed by atoms with Crippen LogP contribution in [0.4, 0.5) is 0 Å². The van der Waals surface area contributed by atoms with Crippen molar-refractivity contribution < 1.29 is 4.79 Å². The summed E-state index contributed by atoms with van der Waals surface area (Å²) < 4.78 is 3.36. The molecule has 4 aromatic rings. The lowest BCUT2D eigenvalue weighted by Gasteiger charge is -2.33. The summed E-state index contributed by atoms with van der Waals surface area (Å²) in [6.45, 7) is 1.18. The highest BCUT2D eigenvalue weighted by molar-refractivity contribution is 5.97. The van der Waals surface area contributed by atoms with Crippen molar-refractivity contribution in [1.29, 1.82) is 0 Å². The first-order chi connectivity index (χ1) is 13.6. The molecule has 1 aromatic carbocycles. The van der Waals surface area contributed by atoms with Gasteiger partial charge in [0.25, 0.3) is 5.91 Å². The Morgan fingerprint density at radius 1 is 1.25 bits per heavy atom. The Labute approximate surface area is 160 Å². The smallest absolute Gasteiger partial charge is 0.330 e. The average molecular weight is 376 g/mol. The zero-order valence-corrected chi connectivity index (χ0v) is 15.5. The Balaban J connectivity index is 1.47. The number of fused-ring (bicyclic) bond motifs is 2. The molecule has 0 radical (unpaired) electrons. The zero-order chi connectivity index (χ0) is 19.3. The van der Waals surface area contributed by atoms with Crippen molar-refractivity contribution >= 4 is 28.1 Å². The van der Waals surface area contributed by atoms with Crippen molar-refractivity contribution in [3.8, 4) is 0 Å². The van der Waals surface area contributed by atoms with Gasteiger partial charge in [-0.05, 0) is 43.2 Å². The lowest BCUT2D eigenvalue weighted by Crippen LogP contribution is -2.43. The number of carbonyl (C=O) groups excluding carboxylic acids is 1. The first-order valence-corrected chi connectivity index (χ1v) is 9.38. The number of aryl methyl sites for hydroxylation is 1. The van der Waals surface area contributed by atoms with Crippen LogP contribution in [0.1, 0.15) is 29.2 Å². The Morgan fingerprint density at radius 2 is 2.14 bits per heavy atom. The highest BCUT2D eigenvalue weighted by Crippen LogP contribution is 2.25. The fraction of sp³-hybridized carbons (Fsp3) is 0.300. The molecule has 1 N–H and O–H groups in total. The number of H-pyrrole nitrogens is 1. The molecule has 1 fully saturated rings. The van der Waals surface area contributed by atoms with Gasteiger partial charge in [0.15, 0.2) is 5.65 Å². The van der Waals surface area contributed by atoms with Crippen molar-refractivity contribution in [3.05, 3.63) is 58.9 Å². The molecule has 1 amide bonds. The number of imidazole rings is 2. The van der Waals surface area contributed by atoms with E-state index in [1.807, 2.05) is 29.2 Å². The second-order valence-corrected chi connectivity index (χ2v) is 7.24. The monoisotopic (exact) mass is 376 g/mol. The van der Waals surface area contributed by atoms with E-state index in [4.69, 9.17) is 0 Å². The molecular formula is C20H20N6O2. The second kappa shape index (κ2) is 6.33. The zero-order valence-electron chi connectivity index (χ0n) is 15.5. The lowest BCUT2D eigenvalue weighted by molar-refractivity contribution is 0.0679. The third-order valence-corrected chi connectivity index (χ3v) is 5.56. The van der Waals surface area contributed by atoms with Gasteiger partial charge in [0.2, 0.25) is 0 Å². The molecule has 0 saturated carbocycles. The number of hydrogen-bond donors (Lipinski definition) is 1. The fourth-order valence-electron chi connectivity index (χ4n) is 4.12. The van der Waals surface area contributed by atoms with Crippen LogP contribution in [-0.4, -0.2) is 48.0 Å². The normalized spacial score (nSPS) is 17.5. The predicted octanol–water partition coefficient (Wildman–Crippen LogP) is 2.09. The van der Waals surface area contributed by atoms with Gasteiger partial charge < -0.3 is 9.88 Å². The number of benzene rings is 1. The summed E-state index contributed by atoms with van der Waals surface area (Å²) in [6.07, 6.45) is 5.01. The van der Waals surface area contributed by atoms with E-state index in [9.17, 15) is 9.59 Å². The highest BCUT2D eigenvalue weighted by Gasteiger charge is 2.28. The molecule has 5 rings (SSSR count). The van der Waals surface area contributed by atoms with E-state index < -0.39 is 0 Å². The molecule has 1 aliphatic heterocycles. The molecule has 28 heavy (non-hydrogen) atoms. The highest BCUT2D eigenvalue weighted by atomic mass is 16.2. The number of carbonyl (C=O) groups is 1. The minimum Gasteiger partial charge on any atom is -0.345 e. The van der Waals surface area contributed by atoms with E-state index in [1.54, 1.807) is 34.8 Å². The van der Waals surface area contributed by atoms with Gasteiger partial charge in [-0.1, -0.05) is 0 Å². The molecule has 0 unspecified atom stereocenters. The van der Waals surface area contributed by atoms with Crippen LogP contribution in [0, 0.1) is 0 Å². The molecule has 4 heterocycles. The van der Waals surface area contributed by atoms with Crippen LogP contribution >= 0.6 is 0 Å². The molecule has 142 valence electrons. The quantitative estimate of drug-likeness (QED) is 0.580. The van der Waals surface area contributed by atoms with E-state index in [-0.39, 0.29) is 17.6 Å². The first-order valence-electron chi connectivity index (χ1n) is 9.38. The van der Waals surface area contributed by atoms with Crippen molar-refractivity contribution in [1.82, 2.24) is 29.0 Å². The Bertz CT molecular complexity index is 1250. The van der Waals surface area contributed by atoms with Crippen LogP contribution in [0.25, 0.3) is 22.2 Å². The van der Waals surface area contributed by atoms with Gasteiger partial charge in [0, 0.05) is 31.9 Å². The summed E-state index contributed by atoms with van der Waals surface area (Å²) in [4.78, 5) is 39.4. The average Bonchev–Trinajstić information content (AvgIpc) is 3.30. The number of pyridine rings is 1. The minimum atomic E-state index is -0.0909. The lowest BCUT2D eigenvalue weighted by atomic mass is 10.0. The number of amides is 1. The van der Waals surface area contributed by atoms with Gasteiger partial charge >= 0.3 is 5.69 Å². The number of likely N-dealkylation sites (tertiary alicyclic amines) is 1. The Kier molecular flexibility index (Phi) is 3.78. The summed E-state index contributed by atoms with van der Waals surface area (Å²) in [5, 5.41) is 0. The summed E-state index contributed by atoms with van der Waals surface area (Å²) in [6, 6.07) is 9.13. The van der Waals surface area contributed by atoms with Crippen LogP contribution < -0.4 is 5.69 Å². The van der Waals surface area contributed by atoms with Gasteiger partial charge in [-0.3, -0.25) is 13.9 Å². The molecule has 1 aliphatic rings. The Morgan fingerprint density at radius 3 is 3.04 bits per heavy atom. The number of nitrogens with zero attached hydrogens (tertiary/aromatic N) is 5. The van der Waals surface area contributed by atoms with Crippen molar-refractivity contribution in [2.45, 2.75) is 18.9 Å². The van der Waals surface area contributed by atoms with Gasteiger partial charge in [0.1, 0.15) is 0 Å². The SMILES string of the molecule is Cn1c(=O)n([C@H]2CCCN(C(=O)c3ccc4nc[nH]c4c3)C2)c2ncccc21. The summed E-state index contributed by atoms with van der Waals surface area (Å²) in [5.74, 6) is -0.0255. The van der Waals surface area contributed by atoms with Crippen LogP contribution in [0.15, 0.2) is 47.7 Å². The van der Waals surface area contributed by atoms with Crippen LogP contribution in [-0.2, 0) is 7.05 Å². The van der Waals surface area contributed by atoms with E-state index in [1.165, 1.54) is 0 Å². The summed E-state index contributed by atoms with van der Waals surface area (Å²) >= 11 is 0. The van der Waals surface area contributed by atoms with Crippen LogP contribution in [0.3, 0.4) is 0 Å². The van der Waals surface area contributed by atoms with E-state index in [0.717, 1.165) is 29.4 Å².